The fourth-order valence-electron chi connectivity index (χ4n) is 2.75. The first-order chi connectivity index (χ1) is 10.9. The van der Waals surface area contributed by atoms with Crippen molar-refractivity contribution in [2.75, 3.05) is 13.2 Å². The molecule has 0 aliphatic carbocycles. The summed E-state index contributed by atoms with van der Waals surface area (Å²) in [7, 11) is 0. The number of rotatable bonds is 3. The van der Waals surface area contributed by atoms with Crippen LogP contribution in [0.15, 0.2) is 47.6 Å². The van der Waals surface area contributed by atoms with Crippen molar-refractivity contribution in [1.82, 2.24) is 19.5 Å². The number of hydrogen-bond acceptors (Lipinski definition) is 5. The van der Waals surface area contributed by atoms with E-state index in [0.29, 0.717) is 17.6 Å². The fourth-order valence-corrected chi connectivity index (χ4v) is 2.75. The SMILES string of the molecule is c1coc(-c2ncc(-c3nccn3[C@H]3CCCOC3)cn2)c1. The molecule has 0 spiro atoms. The number of ether oxygens (including phenoxy) is 1. The van der Waals surface area contributed by atoms with Crippen molar-refractivity contribution in [1.29, 1.82) is 0 Å². The van der Waals surface area contributed by atoms with Crippen molar-refractivity contribution < 1.29 is 9.15 Å². The smallest absolute Gasteiger partial charge is 0.195 e. The summed E-state index contributed by atoms with van der Waals surface area (Å²) in [6.07, 6.45) is 11.2. The van der Waals surface area contributed by atoms with Crippen LogP contribution in [-0.2, 0) is 4.74 Å². The Morgan fingerprint density at radius 2 is 2.09 bits per heavy atom. The van der Waals surface area contributed by atoms with Crippen molar-refractivity contribution in [2.45, 2.75) is 18.9 Å². The molecule has 0 radical (unpaired) electrons. The average Bonchev–Trinajstić information content (AvgIpc) is 3.28. The van der Waals surface area contributed by atoms with Gasteiger partial charge in [0, 0.05) is 31.4 Å². The molecule has 1 aliphatic rings. The molecule has 3 aromatic rings. The van der Waals surface area contributed by atoms with Gasteiger partial charge in [0.25, 0.3) is 0 Å². The molecule has 0 aromatic carbocycles. The van der Waals surface area contributed by atoms with Crippen molar-refractivity contribution in [2.24, 2.45) is 0 Å². The lowest BCUT2D eigenvalue weighted by Crippen LogP contribution is -2.21. The van der Waals surface area contributed by atoms with Gasteiger partial charge in [-0.1, -0.05) is 0 Å². The van der Waals surface area contributed by atoms with Gasteiger partial charge in [-0.25, -0.2) is 15.0 Å². The van der Waals surface area contributed by atoms with E-state index in [0.717, 1.165) is 37.4 Å². The van der Waals surface area contributed by atoms with Crippen LogP contribution in [0.25, 0.3) is 23.0 Å². The molecular weight excluding hydrogens is 280 g/mol. The first-order valence-corrected chi connectivity index (χ1v) is 7.39. The number of furan rings is 1. The number of imidazole rings is 1. The second kappa shape index (κ2) is 5.73. The van der Waals surface area contributed by atoms with E-state index < -0.39 is 0 Å². The zero-order chi connectivity index (χ0) is 14.8. The van der Waals surface area contributed by atoms with E-state index in [9.17, 15) is 0 Å². The molecule has 1 fully saturated rings. The molecule has 6 heteroatoms. The first kappa shape index (κ1) is 13.2. The topological polar surface area (TPSA) is 66.0 Å². The summed E-state index contributed by atoms with van der Waals surface area (Å²) < 4.78 is 13.0. The van der Waals surface area contributed by atoms with E-state index in [4.69, 9.17) is 9.15 Å². The van der Waals surface area contributed by atoms with E-state index in [1.54, 1.807) is 18.7 Å². The molecule has 0 amide bonds. The highest BCUT2D eigenvalue weighted by Crippen LogP contribution is 2.26. The van der Waals surface area contributed by atoms with Crippen molar-refractivity contribution >= 4 is 0 Å². The van der Waals surface area contributed by atoms with E-state index in [-0.39, 0.29) is 0 Å². The third-order valence-electron chi connectivity index (χ3n) is 3.85. The van der Waals surface area contributed by atoms with Crippen LogP contribution in [0.1, 0.15) is 18.9 Å². The number of nitrogens with zero attached hydrogens (tertiary/aromatic N) is 4. The Hall–Kier alpha value is -2.47. The number of aromatic nitrogens is 4. The zero-order valence-corrected chi connectivity index (χ0v) is 12.1. The molecule has 3 aromatic heterocycles. The van der Waals surface area contributed by atoms with E-state index in [1.807, 2.05) is 24.5 Å². The van der Waals surface area contributed by atoms with Gasteiger partial charge < -0.3 is 13.7 Å². The van der Waals surface area contributed by atoms with Crippen LogP contribution in [0.3, 0.4) is 0 Å². The summed E-state index contributed by atoms with van der Waals surface area (Å²) in [5, 5.41) is 0. The van der Waals surface area contributed by atoms with Crippen LogP contribution in [0.5, 0.6) is 0 Å². The second-order valence-corrected chi connectivity index (χ2v) is 5.30. The van der Waals surface area contributed by atoms with Gasteiger partial charge in [-0.2, -0.15) is 0 Å². The van der Waals surface area contributed by atoms with E-state index in [1.165, 1.54) is 0 Å². The lowest BCUT2D eigenvalue weighted by molar-refractivity contribution is 0.0597. The summed E-state index contributed by atoms with van der Waals surface area (Å²) in [6, 6.07) is 3.99. The van der Waals surface area contributed by atoms with Crippen LogP contribution in [0.2, 0.25) is 0 Å². The Morgan fingerprint density at radius 3 is 2.82 bits per heavy atom. The van der Waals surface area contributed by atoms with E-state index in [2.05, 4.69) is 19.5 Å². The van der Waals surface area contributed by atoms with E-state index >= 15 is 0 Å². The Balaban J connectivity index is 1.63. The molecule has 0 bridgehead atoms. The predicted molar refractivity (Wildman–Crippen MR) is 80.0 cm³/mol. The van der Waals surface area contributed by atoms with Gasteiger partial charge in [-0.3, -0.25) is 0 Å². The van der Waals surface area contributed by atoms with Crippen molar-refractivity contribution in [3.8, 4) is 23.0 Å². The molecule has 4 heterocycles. The standard InChI is InChI=1S/C16H16N4O2/c1-3-13(11-21-7-1)20-6-5-17-16(20)12-9-18-15(19-10-12)14-4-2-8-22-14/h2,4-6,8-10,13H,1,3,7,11H2/t13-/m0/s1. The molecule has 4 rings (SSSR count). The quantitative estimate of drug-likeness (QED) is 0.743. The maximum atomic E-state index is 5.57. The monoisotopic (exact) mass is 296 g/mol. The Kier molecular flexibility index (Phi) is 3.44. The van der Waals surface area contributed by atoms with Crippen LogP contribution in [0, 0.1) is 0 Å². The van der Waals surface area contributed by atoms with Crippen LogP contribution < -0.4 is 0 Å². The molecule has 0 unspecified atom stereocenters. The third kappa shape index (κ3) is 2.42. The molecule has 6 nitrogen and oxygen atoms in total. The summed E-state index contributed by atoms with van der Waals surface area (Å²) in [5.74, 6) is 2.12. The predicted octanol–water partition coefficient (Wildman–Crippen LogP) is 2.95. The van der Waals surface area contributed by atoms with Gasteiger partial charge in [-0.05, 0) is 25.0 Å². The minimum Gasteiger partial charge on any atom is -0.461 e. The molecule has 1 atom stereocenters. The molecule has 112 valence electrons. The van der Waals surface area contributed by atoms with Crippen LogP contribution in [-0.4, -0.2) is 32.7 Å². The average molecular weight is 296 g/mol. The molecule has 0 saturated carbocycles. The Morgan fingerprint density at radius 1 is 1.18 bits per heavy atom. The first-order valence-electron chi connectivity index (χ1n) is 7.39. The Bertz CT molecular complexity index is 728. The maximum absolute atomic E-state index is 5.57. The minimum atomic E-state index is 0.330. The second-order valence-electron chi connectivity index (χ2n) is 5.30. The molecule has 22 heavy (non-hydrogen) atoms. The lowest BCUT2D eigenvalue weighted by Gasteiger charge is -2.24. The lowest BCUT2D eigenvalue weighted by atomic mass is 10.1. The van der Waals surface area contributed by atoms with Crippen LogP contribution >= 0.6 is 0 Å². The van der Waals surface area contributed by atoms with Crippen molar-refractivity contribution in [3.05, 3.63) is 43.2 Å². The Labute approximate surface area is 127 Å². The molecule has 1 saturated heterocycles. The number of hydrogen-bond donors (Lipinski definition) is 0. The molecule has 0 N–H and O–H groups in total. The summed E-state index contributed by atoms with van der Waals surface area (Å²) in [6.45, 7) is 1.58. The highest BCUT2D eigenvalue weighted by atomic mass is 16.5. The maximum Gasteiger partial charge on any atom is 0.195 e. The normalized spacial score (nSPS) is 18.5. The van der Waals surface area contributed by atoms with Gasteiger partial charge in [0.2, 0.25) is 0 Å². The summed E-state index contributed by atoms with van der Waals surface area (Å²) in [4.78, 5) is 13.2. The highest BCUT2D eigenvalue weighted by Gasteiger charge is 2.19. The zero-order valence-electron chi connectivity index (χ0n) is 12.1. The largest absolute Gasteiger partial charge is 0.461 e. The van der Waals surface area contributed by atoms with Gasteiger partial charge in [0.15, 0.2) is 11.6 Å². The third-order valence-corrected chi connectivity index (χ3v) is 3.85. The van der Waals surface area contributed by atoms with Gasteiger partial charge in [-0.15, -0.1) is 0 Å². The van der Waals surface area contributed by atoms with Crippen LogP contribution in [0.4, 0.5) is 0 Å². The van der Waals surface area contributed by atoms with Gasteiger partial charge in [0.1, 0.15) is 5.82 Å². The van der Waals surface area contributed by atoms with Crippen molar-refractivity contribution in [3.63, 3.8) is 0 Å². The summed E-state index contributed by atoms with van der Waals surface area (Å²) >= 11 is 0. The fraction of sp³-hybridized carbons (Fsp3) is 0.312. The van der Waals surface area contributed by atoms with Gasteiger partial charge in [0.05, 0.1) is 24.5 Å². The molecule has 1 aliphatic heterocycles. The van der Waals surface area contributed by atoms with Gasteiger partial charge >= 0.3 is 0 Å². The minimum absolute atomic E-state index is 0.330. The summed E-state index contributed by atoms with van der Waals surface area (Å²) in [5.41, 5.74) is 0.894. The molecular formula is C16H16N4O2. The highest BCUT2D eigenvalue weighted by molar-refractivity contribution is 5.55.